The summed E-state index contributed by atoms with van der Waals surface area (Å²) in [5.74, 6) is -1.86. The third-order valence-electron chi connectivity index (χ3n) is 3.57. The van der Waals surface area contributed by atoms with E-state index in [9.17, 15) is 24.9 Å². The maximum atomic E-state index is 10.4. The first-order valence-corrected chi connectivity index (χ1v) is 8.60. The molecule has 0 saturated heterocycles. The number of carboxylic acid groups (broad SMARTS) is 2. The van der Waals surface area contributed by atoms with Crippen molar-refractivity contribution in [3.63, 3.8) is 0 Å². The number of hydrogen-bond donors (Lipinski definition) is 5. The number of hydrogen-bond acceptors (Lipinski definition) is 5. The summed E-state index contributed by atoms with van der Waals surface area (Å²) in [6.07, 6.45) is 8.03. The summed E-state index contributed by atoms with van der Waals surface area (Å²) < 4.78 is 0. The normalized spacial score (nSPS) is 15.5. The van der Waals surface area contributed by atoms with E-state index >= 15 is 0 Å². The summed E-state index contributed by atoms with van der Waals surface area (Å²) in [6.45, 7) is 0. The van der Waals surface area contributed by atoms with Crippen LogP contribution in [0.3, 0.4) is 0 Å². The van der Waals surface area contributed by atoms with Crippen LogP contribution in [0.1, 0.15) is 57.8 Å². The lowest BCUT2D eigenvalue weighted by Crippen LogP contribution is -2.20. The van der Waals surface area contributed by atoms with Gasteiger partial charge < -0.3 is 25.5 Å². The monoisotopic (exact) mass is 358 g/mol. The molecule has 0 aromatic carbocycles. The van der Waals surface area contributed by atoms with Crippen molar-refractivity contribution < 1.29 is 35.1 Å². The molecule has 0 spiro atoms. The Hall–Kier alpha value is -1.70. The topological polar surface area (TPSA) is 135 Å². The van der Waals surface area contributed by atoms with Gasteiger partial charge in [0.2, 0.25) is 0 Å². The van der Waals surface area contributed by atoms with Crippen LogP contribution in [0.15, 0.2) is 24.3 Å². The molecular formula is C18H30O7. The quantitative estimate of drug-likeness (QED) is 0.223. The van der Waals surface area contributed by atoms with Crippen LogP contribution in [0.4, 0.5) is 0 Å². The van der Waals surface area contributed by atoms with E-state index in [-0.39, 0.29) is 32.1 Å². The van der Waals surface area contributed by atoms with Crippen molar-refractivity contribution in [3.05, 3.63) is 24.3 Å². The number of unbranched alkanes of at least 4 members (excludes halogenated alkanes) is 2. The third-order valence-corrected chi connectivity index (χ3v) is 3.57. The molecule has 0 aromatic rings. The van der Waals surface area contributed by atoms with E-state index in [1.165, 1.54) is 0 Å². The molecule has 0 aliphatic carbocycles. The Morgan fingerprint density at radius 2 is 1.52 bits per heavy atom. The first kappa shape index (κ1) is 23.3. The minimum atomic E-state index is -1.08. The first-order chi connectivity index (χ1) is 11.8. The van der Waals surface area contributed by atoms with Crippen LogP contribution in [-0.2, 0) is 9.59 Å². The van der Waals surface area contributed by atoms with Gasteiger partial charge in [0.1, 0.15) is 0 Å². The number of aliphatic hydroxyl groups excluding tert-OH is 3. The summed E-state index contributed by atoms with van der Waals surface area (Å²) in [7, 11) is 0. The molecule has 0 bridgehead atoms. The van der Waals surface area contributed by atoms with Crippen LogP contribution < -0.4 is 0 Å². The molecule has 0 fully saturated rings. The number of allylic oxidation sites excluding steroid dienone is 3. The van der Waals surface area contributed by atoms with Crippen LogP contribution in [-0.4, -0.2) is 55.8 Å². The molecule has 0 aliphatic rings. The van der Waals surface area contributed by atoms with Gasteiger partial charge >= 0.3 is 11.9 Å². The number of carboxylic acids is 2. The largest absolute Gasteiger partial charge is 0.481 e. The number of carbonyl (C=O) groups is 2. The predicted octanol–water partition coefficient (Wildman–Crippen LogP) is 1.86. The molecule has 144 valence electrons. The average Bonchev–Trinajstić information content (AvgIpc) is 2.50. The molecule has 0 radical (unpaired) electrons. The molecule has 3 atom stereocenters. The fraction of sp³-hybridized carbons (Fsp3) is 0.667. The highest BCUT2D eigenvalue weighted by atomic mass is 16.4. The van der Waals surface area contributed by atoms with Gasteiger partial charge in [-0.15, -0.1) is 0 Å². The van der Waals surface area contributed by atoms with Crippen LogP contribution >= 0.6 is 0 Å². The Balaban J connectivity index is 3.75. The van der Waals surface area contributed by atoms with E-state index in [0.717, 1.165) is 12.8 Å². The zero-order valence-electron chi connectivity index (χ0n) is 14.5. The Morgan fingerprint density at radius 3 is 2.16 bits per heavy atom. The summed E-state index contributed by atoms with van der Waals surface area (Å²) in [5.41, 5.74) is 0. The predicted molar refractivity (Wildman–Crippen MR) is 93.1 cm³/mol. The number of aliphatic hydroxyl groups is 3. The maximum absolute atomic E-state index is 10.4. The minimum absolute atomic E-state index is 0.134. The van der Waals surface area contributed by atoms with Crippen molar-refractivity contribution in [2.45, 2.75) is 76.1 Å². The highest BCUT2D eigenvalue weighted by Crippen LogP contribution is 2.10. The van der Waals surface area contributed by atoms with E-state index in [4.69, 9.17) is 10.2 Å². The van der Waals surface area contributed by atoms with Crippen molar-refractivity contribution in [2.24, 2.45) is 0 Å². The molecule has 0 unspecified atom stereocenters. The van der Waals surface area contributed by atoms with E-state index in [1.807, 2.05) is 12.2 Å². The van der Waals surface area contributed by atoms with Gasteiger partial charge in [0.05, 0.1) is 24.7 Å². The molecule has 5 N–H and O–H groups in total. The number of rotatable bonds is 15. The third kappa shape index (κ3) is 16.9. The van der Waals surface area contributed by atoms with Gasteiger partial charge in [0.15, 0.2) is 0 Å². The fourth-order valence-electron chi connectivity index (χ4n) is 2.23. The summed E-state index contributed by atoms with van der Waals surface area (Å²) in [5, 5.41) is 45.9. The van der Waals surface area contributed by atoms with Gasteiger partial charge in [-0.25, -0.2) is 0 Å². The number of aliphatic carboxylic acids is 2. The molecule has 0 heterocycles. The van der Waals surface area contributed by atoms with Gasteiger partial charge in [0, 0.05) is 12.8 Å². The Kier molecular flexibility index (Phi) is 13.6. The molecular weight excluding hydrogens is 328 g/mol. The highest BCUT2D eigenvalue weighted by Gasteiger charge is 2.14. The molecule has 7 heteroatoms. The molecule has 0 aliphatic heterocycles. The standard InChI is InChI=1S/C18H30O7/c19-14(12-15(20)10-11-16(21)13-18(24)25)8-6-4-2-1-3-5-7-9-17(22)23/h1-2,6,8,14-16,19-21H,3-5,7,9-13H2,(H,22,23)(H,24,25)/b2-1-,8-6-/t14-,15+,16+/m1/s1. The van der Waals surface area contributed by atoms with Crippen molar-refractivity contribution in [2.75, 3.05) is 0 Å². The molecule has 0 aromatic heterocycles. The van der Waals surface area contributed by atoms with Crippen LogP contribution in [0, 0.1) is 0 Å². The highest BCUT2D eigenvalue weighted by molar-refractivity contribution is 5.67. The summed E-state index contributed by atoms with van der Waals surface area (Å²) >= 11 is 0. The Bertz CT molecular complexity index is 431. The van der Waals surface area contributed by atoms with E-state index < -0.39 is 30.3 Å². The Morgan fingerprint density at radius 1 is 0.840 bits per heavy atom. The first-order valence-electron chi connectivity index (χ1n) is 8.60. The Labute approximate surface area is 148 Å². The SMILES string of the molecule is O=C(O)CCCC/C=C\C/C=C\[C@@H](O)C[C@@H](O)CC[C@H](O)CC(=O)O. The second-order valence-corrected chi connectivity index (χ2v) is 6.06. The second-order valence-electron chi connectivity index (χ2n) is 6.06. The molecule has 7 nitrogen and oxygen atoms in total. The lowest BCUT2D eigenvalue weighted by molar-refractivity contribution is -0.139. The van der Waals surface area contributed by atoms with Crippen LogP contribution in [0.5, 0.6) is 0 Å². The van der Waals surface area contributed by atoms with Gasteiger partial charge in [-0.05, 0) is 38.5 Å². The molecule has 0 saturated carbocycles. The van der Waals surface area contributed by atoms with E-state index in [0.29, 0.717) is 12.8 Å². The lowest BCUT2D eigenvalue weighted by Gasteiger charge is -2.14. The van der Waals surface area contributed by atoms with Gasteiger partial charge in [-0.2, -0.15) is 0 Å². The van der Waals surface area contributed by atoms with E-state index in [1.54, 1.807) is 12.2 Å². The van der Waals surface area contributed by atoms with Gasteiger partial charge in [-0.1, -0.05) is 24.3 Å². The zero-order valence-corrected chi connectivity index (χ0v) is 14.5. The van der Waals surface area contributed by atoms with Gasteiger partial charge in [0.25, 0.3) is 0 Å². The van der Waals surface area contributed by atoms with Crippen molar-refractivity contribution in [3.8, 4) is 0 Å². The maximum Gasteiger partial charge on any atom is 0.305 e. The average molecular weight is 358 g/mol. The molecule has 25 heavy (non-hydrogen) atoms. The van der Waals surface area contributed by atoms with Crippen LogP contribution in [0.2, 0.25) is 0 Å². The van der Waals surface area contributed by atoms with Crippen molar-refractivity contribution >= 4 is 11.9 Å². The van der Waals surface area contributed by atoms with Crippen molar-refractivity contribution in [1.29, 1.82) is 0 Å². The smallest absolute Gasteiger partial charge is 0.305 e. The minimum Gasteiger partial charge on any atom is -0.481 e. The van der Waals surface area contributed by atoms with Gasteiger partial charge in [-0.3, -0.25) is 9.59 Å². The van der Waals surface area contributed by atoms with Crippen LogP contribution in [0.25, 0.3) is 0 Å². The molecule has 0 rings (SSSR count). The van der Waals surface area contributed by atoms with Crippen molar-refractivity contribution in [1.82, 2.24) is 0 Å². The summed E-state index contributed by atoms with van der Waals surface area (Å²) in [4.78, 5) is 20.7. The molecule has 0 amide bonds. The lowest BCUT2D eigenvalue weighted by atomic mass is 10.0. The fourth-order valence-corrected chi connectivity index (χ4v) is 2.23. The second kappa shape index (κ2) is 14.6. The zero-order chi connectivity index (χ0) is 19.1. The van der Waals surface area contributed by atoms with E-state index in [2.05, 4.69) is 0 Å². The summed E-state index contributed by atoms with van der Waals surface area (Å²) in [6, 6.07) is 0.